The Labute approximate surface area is 107 Å². The van der Waals surface area contributed by atoms with Crippen LogP contribution in [0.1, 0.15) is 22.7 Å². The summed E-state index contributed by atoms with van der Waals surface area (Å²) in [6.07, 6.45) is 0.899. The van der Waals surface area contributed by atoms with Gasteiger partial charge in [0.05, 0.1) is 6.04 Å². The molecule has 18 heavy (non-hydrogen) atoms. The molecule has 1 aliphatic rings. The molecule has 2 nitrogen and oxygen atoms in total. The molecule has 2 heteroatoms. The third-order valence-corrected chi connectivity index (χ3v) is 3.37. The third-order valence-electron chi connectivity index (χ3n) is 3.37. The second kappa shape index (κ2) is 4.22. The SMILES string of the molecule is C=C1NC(Cc2ccccc2)c2cc(O)ccc21. The molecule has 0 aromatic heterocycles. The van der Waals surface area contributed by atoms with Gasteiger partial charge < -0.3 is 10.4 Å². The first-order chi connectivity index (χ1) is 8.74. The summed E-state index contributed by atoms with van der Waals surface area (Å²) in [4.78, 5) is 0. The number of nitrogens with one attached hydrogen (secondary N) is 1. The molecule has 0 amide bonds. The van der Waals surface area contributed by atoms with Crippen LogP contribution >= 0.6 is 0 Å². The fraction of sp³-hybridized carbons (Fsp3) is 0.125. The highest BCUT2D eigenvalue weighted by Crippen LogP contribution is 2.35. The average molecular weight is 237 g/mol. The first-order valence-electron chi connectivity index (χ1n) is 6.07. The fourth-order valence-corrected chi connectivity index (χ4v) is 2.49. The summed E-state index contributed by atoms with van der Waals surface area (Å²) in [5.74, 6) is 0.309. The summed E-state index contributed by atoms with van der Waals surface area (Å²) in [5, 5.41) is 13.0. The van der Waals surface area contributed by atoms with Crippen molar-refractivity contribution in [1.29, 1.82) is 0 Å². The first-order valence-corrected chi connectivity index (χ1v) is 6.07. The van der Waals surface area contributed by atoms with Gasteiger partial charge in [-0.05, 0) is 35.7 Å². The molecule has 2 N–H and O–H groups in total. The molecule has 0 radical (unpaired) electrons. The Morgan fingerprint density at radius 1 is 1.11 bits per heavy atom. The molecule has 0 aliphatic carbocycles. The van der Waals surface area contributed by atoms with Crippen molar-refractivity contribution in [1.82, 2.24) is 5.32 Å². The second-order valence-corrected chi connectivity index (χ2v) is 4.64. The summed E-state index contributed by atoms with van der Waals surface area (Å²) in [7, 11) is 0. The van der Waals surface area contributed by atoms with Gasteiger partial charge in [-0.15, -0.1) is 0 Å². The minimum absolute atomic E-state index is 0.196. The quantitative estimate of drug-likeness (QED) is 0.840. The van der Waals surface area contributed by atoms with Crippen LogP contribution in [0.5, 0.6) is 5.75 Å². The van der Waals surface area contributed by atoms with E-state index in [1.165, 1.54) is 5.56 Å². The summed E-state index contributed by atoms with van der Waals surface area (Å²) < 4.78 is 0. The topological polar surface area (TPSA) is 32.3 Å². The third kappa shape index (κ3) is 1.86. The van der Waals surface area contributed by atoms with Gasteiger partial charge in [-0.3, -0.25) is 0 Å². The molecule has 1 atom stereocenters. The van der Waals surface area contributed by atoms with Crippen LogP contribution in [-0.2, 0) is 6.42 Å². The Bertz CT molecular complexity index is 589. The number of rotatable bonds is 2. The molecular weight excluding hydrogens is 222 g/mol. The summed E-state index contributed by atoms with van der Waals surface area (Å²) in [5.41, 5.74) is 4.45. The number of phenols is 1. The van der Waals surface area contributed by atoms with Gasteiger partial charge in [0.1, 0.15) is 5.75 Å². The van der Waals surface area contributed by atoms with Crippen LogP contribution in [-0.4, -0.2) is 5.11 Å². The minimum Gasteiger partial charge on any atom is -0.508 e. The zero-order valence-corrected chi connectivity index (χ0v) is 10.1. The van der Waals surface area contributed by atoms with E-state index in [0.29, 0.717) is 5.75 Å². The highest BCUT2D eigenvalue weighted by atomic mass is 16.3. The van der Waals surface area contributed by atoms with Crippen molar-refractivity contribution in [2.75, 3.05) is 0 Å². The first kappa shape index (κ1) is 10.9. The van der Waals surface area contributed by atoms with Gasteiger partial charge in [-0.2, -0.15) is 0 Å². The maximum Gasteiger partial charge on any atom is 0.115 e. The van der Waals surface area contributed by atoms with Gasteiger partial charge in [-0.1, -0.05) is 36.9 Å². The van der Waals surface area contributed by atoms with E-state index in [2.05, 4.69) is 24.0 Å². The molecule has 3 rings (SSSR count). The van der Waals surface area contributed by atoms with Crippen molar-refractivity contribution >= 4 is 5.70 Å². The highest BCUT2D eigenvalue weighted by molar-refractivity contribution is 5.71. The summed E-state index contributed by atoms with van der Waals surface area (Å²) in [6, 6.07) is 16.0. The smallest absolute Gasteiger partial charge is 0.115 e. The minimum atomic E-state index is 0.196. The molecule has 0 fully saturated rings. The van der Waals surface area contributed by atoms with Crippen LogP contribution < -0.4 is 5.32 Å². The van der Waals surface area contributed by atoms with Crippen molar-refractivity contribution in [3.8, 4) is 5.75 Å². The molecule has 1 unspecified atom stereocenters. The second-order valence-electron chi connectivity index (χ2n) is 4.64. The molecule has 0 spiro atoms. The predicted octanol–water partition coefficient (Wildman–Crippen LogP) is 3.25. The number of hydrogen-bond donors (Lipinski definition) is 2. The van der Waals surface area contributed by atoms with E-state index in [1.54, 1.807) is 6.07 Å². The summed E-state index contributed by atoms with van der Waals surface area (Å²) in [6.45, 7) is 4.02. The highest BCUT2D eigenvalue weighted by Gasteiger charge is 2.24. The van der Waals surface area contributed by atoms with Crippen molar-refractivity contribution in [3.63, 3.8) is 0 Å². The van der Waals surface area contributed by atoms with Crippen molar-refractivity contribution in [3.05, 3.63) is 71.8 Å². The fourth-order valence-electron chi connectivity index (χ4n) is 2.49. The predicted molar refractivity (Wildman–Crippen MR) is 73.2 cm³/mol. The standard InChI is InChI=1S/C16H15NO/c1-11-14-8-7-13(18)10-15(14)16(17-11)9-12-5-3-2-4-6-12/h2-8,10,16-18H,1,9H2. The Hall–Kier alpha value is -2.22. The molecule has 2 aromatic carbocycles. The average Bonchev–Trinajstić information content (AvgIpc) is 2.67. The van der Waals surface area contributed by atoms with Gasteiger partial charge in [0.2, 0.25) is 0 Å². The van der Waals surface area contributed by atoms with Crippen LogP contribution in [0.15, 0.2) is 55.1 Å². The Kier molecular flexibility index (Phi) is 2.56. The van der Waals surface area contributed by atoms with Crippen LogP contribution in [0.2, 0.25) is 0 Å². The van der Waals surface area contributed by atoms with E-state index in [4.69, 9.17) is 0 Å². The lowest BCUT2D eigenvalue weighted by atomic mass is 9.98. The van der Waals surface area contributed by atoms with E-state index in [1.807, 2.05) is 30.3 Å². The maximum absolute atomic E-state index is 9.61. The molecule has 90 valence electrons. The normalized spacial score (nSPS) is 17.3. The lowest BCUT2D eigenvalue weighted by Crippen LogP contribution is -2.13. The molecular formula is C16H15NO. The lowest BCUT2D eigenvalue weighted by Gasteiger charge is -2.12. The van der Waals surface area contributed by atoms with Gasteiger partial charge >= 0.3 is 0 Å². The van der Waals surface area contributed by atoms with Crippen molar-refractivity contribution < 1.29 is 5.11 Å². The van der Waals surface area contributed by atoms with Crippen LogP contribution in [0, 0.1) is 0 Å². The molecule has 0 saturated heterocycles. The Balaban J connectivity index is 1.93. The zero-order chi connectivity index (χ0) is 12.5. The lowest BCUT2D eigenvalue weighted by molar-refractivity contribution is 0.473. The van der Waals surface area contributed by atoms with E-state index >= 15 is 0 Å². The molecule has 2 aromatic rings. The Morgan fingerprint density at radius 2 is 1.89 bits per heavy atom. The number of hydrogen-bond acceptors (Lipinski definition) is 2. The van der Waals surface area contributed by atoms with E-state index in [0.717, 1.165) is 23.2 Å². The van der Waals surface area contributed by atoms with Gasteiger partial charge in [0.25, 0.3) is 0 Å². The molecule has 0 bridgehead atoms. The number of phenolic OH excluding ortho intramolecular Hbond substituents is 1. The zero-order valence-electron chi connectivity index (χ0n) is 10.1. The maximum atomic E-state index is 9.61. The van der Waals surface area contributed by atoms with Crippen LogP contribution in [0.4, 0.5) is 0 Å². The van der Waals surface area contributed by atoms with Crippen molar-refractivity contribution in [2.24, 2.45) is 0 Å². The monoisotopic (exact) mass is 237 g/mol. The van der Waals surface area contributed by atoms with Crippen LogP contribution in [0.25, 0.3) is 5.70 Å². The largest absolute Gasteiger partial charge is 0.508 e. The summed E-state index contributed by atoms with van der Waals surface area (Å²) >= 11 is 0. The van der Waals surface area contributed by atoms with Crippen molar-refractivity contribution in [2.45, 2.75) is 12.5 Å². The number of fused-ring (bicyclic) bond motifs is 1. The van der Waals surface area contributed by atoms with E-state index < -0.39 is 0 Å². The number of benzene rings is 2. The Morgan fingerprint density at radius 3 is 2.67 bits per heavy atom. The molecule has 1 heterocycles. The molecule has 0 saturated carbocycles. The van der Waals surface area contributed by atoms with Gasteiger partial charge in [0, 0.05) is 11.3 Å². The van der Waals surface area contributed by atoms with Crippen LogP contribution in [0.3, 0.4) is 0 Å². The van der Waals surface area contributed by atoms with Gasteiger partial charge in [-0.25, -0.2) is 0 Å². The van der Waals surface area contributed by atoms with E-state index in [-0.39, 0.29) is 6.04 Å². The molecule has 1 aliphatic heterocycles. The number of aromatic hydroxyl groups is 1. The van der Waals surface area contributed by atoms with Gasteiger partial charge in [0.15, 0.2) is 0 Å². The van der Waals surface area contributed by atoms with E-state index in [9.17, 15) is 5.11 Å².